The highest BCUT2D eigenvalue weighted by Crippen LogP contribution is 2.21. The maximum absolute atomic E-state index is 13.5. The summed E-state index contributed by atoms with van der Waals surface area (Å²) >= 11 is 1.62. The quantitative estimate of drug-likeness (QED) is 0.834. The fourth-order valence-electron chi connectivity index (χ4n) is 1.39. The summed E-state index contributed by atoms with van der Waals surface area (Å²) in [4.78, 5) is 10.9. The summed E-state index contributed by atoms with van der Waals surface area (Å²) < 4.78 is 13.5. The summed E-state index contributed by atoms with van der Waals surface area (Å²) in [5, 5.41) is 11.8. The van der Waals surface area contributed by atoms with E-state index in [0.29, 0.717) is 0 Å². The molecule has 5 heteroatoms. The zero-order valence-corrected chi connectivity index (χ0v) is 9.97. The number of para-hydroxylation sites is 1. The number of aromatic carboxylic acids is 1. The van der Waals surface area contributed by atoms with Crippen molar-refractivity contribution in [2.24, 2.45) is 0 Å². The molecule has 0 spiro atoms. The molecule has 88 valence electrons. The van der Waals surface area contributed by atoms with E-state index >= 15 is 0 Å². The number of carboxylic acid groups (broad SMARTS) is 1. The average molecular weight is 243 g/mol. The van der Waals surface area contributed by atoms with E-state index in [1.807, 2.05) is 13.2 Å². The highest BCUT2D eigenvalue weighted by Gasteiger charge is 2.15. The Kier molecular flexibility index (Phi) is 4.61. The minimum atomic E-state index is -1.13. The number of carbonyl (C=O) groups is 1. The Morgan fingerprint density at radius 1 is 1.62 bits per heavy atom. The average Bonchev–Trinajstić information content (AvgIpc) is 2.21. The predicted molar refractivity (Wildman–Crippen MR) is 64.8 cm³/mol. The van der Waals surface area contributed by atoms with Crippen LogP contribution in [0.1, 0.15) is 17.3 Å². The molecule has 0 aromatic heterocycles. The molecule has 1 atom stereocenters. The molecule has 3 nitrogen and oxygen atoms in total. The van der Waals surface area contributed by atoms with E-state index in [4.69, 9.17) is 5.11 Å². The third-order valence-electron chi connectivity index (χ3n) is 2.05. The van der Waals surface area contributed by atoms with Crippen LogP contribution in [0.25, 0.3) is 0 Å². The van der Waals surface area contributed by atoms with Crippen molar-refractivity contribution in [3.8, 4) is 0 Å². The van der Waals surface area contributed by atoms with Gasteiger partial charge in [-0.3, -0.25) is 0 Å². The lowest BCUT2D eigenvalue weighted by atomic mass is 10.1. The largest absolute Gasteiger partial charge is 0.478 e. The van der Waals surface area contributed by atoms with Crippen LogP contribution in [0, 0.1) is 5.82 Å². The predicted octanol–water partition coefficient (Wildman–Crippen LogP) is 2.69. The first-order valence-electron chi connectivity index (χ1n) is 4.83. The maximum Gasteiger partial charge on any atom is 0.337 e. The summed E-state index contributed by atoms with van der Waals surface area (Å²) in [6, 6.07) is 4.05. The van der Waals surface area contributed by atoms with Gasteiger partial charge in [0.25, 0.3) is 0 Å². The summed E-state index contributed by atoms with van der Waals surface area (Å²) in [5.74, 6) is -0.876. The fourth-order valence-corrected chi connectivity index (χ4v) is 1.97. The van der Waals surface area contributed by atoms with Crippen LogP contribution in [-0.2, 0) is 0 Å². The van der Waals surface area contributed by atoms with E-state index in [2.05, 4.69) is 5.32 Å². The topological polar surface area (TPSA) is 49.3 Å². The minimum absolute atomic E-state index is 0.0185. The van der Waals surface area contributed by atoms with Gasteiger partial charge in [0.15, 0.2) is 0 Å². The third kappa shape index (κ3) is 3.13. The Bertz CT molecular complexity index is 384. The van der Waals surface area contributed by atoms with E-state index in [9.17, 15) is 9.18 Å². The molecule has 0 saturated carbocycles. The van der Waals surface area contributed by atoms with Crippen LogP contribution in [-0.4, -0.2) is 29.1 Å². The lowest BCUT2D eigenvalue weighted by Crippen LogP contribution is -2.20. The van der Waals surface area contributed by atoms with Crippen LogP contribution in [0.4, 0.5) is 10.1 Å². The van der Waals surface area contributed by atoms with Gasteiger partial charge in [-0.05, 0) is 25.3 Å². The molecule has 0 saturated heterocycles. The Morgan fingerprint density at radius 2 is 2.31 bits per heavy atom. The van der Waals surface area contributed by atoms with Crippen molar-refractivity contribution in [3.63, 3.8) is 0 Å². The molecule has 0 heterocycles. The van der Waals surface area contributed by atoms with Crippen molar-refractivity contribution in [2.75, 3.05) is 17.3 Å². The third-order valence-corrected chi connectivity index (χ3v) is 2.88. The minimum Gasteiger partial charge on any atom is -0.478 e. The lowest BCUT2D eigenvalue weighted by Gasteiger charge is -2.16. The number of thioether (sulfide) groups is 1. The van der Waals surface area contributed by atoms with Gasteiger partial charge in [0, 0.05) is 11.8 Å². The van der Waals surface area contributed by atoms with Gasteiger partial charge in [-0.25, -0.2) is 9.18 Å². The van der Waals surface area contributed by atoms with Gasteiger partial charge < -0.3 is 10.4 Å². The highest BCUT2D eigenvalue weighted by molar-refractivity contribution is 7.98. The van der Waals surface area contributed by atoms with Gasteiger partial charge in [-0.1, -0.05) is 6.07 Å². The highest BCUT2D eigenvalue weighted by atomic mass is 32.2. The number of halogens is 1. The molecule has 0 amide bonds. The second-order valence-corrected chi connectivity index (χ2v) is 4.38. The van der Waals surface area contributed by atoms with Crippen molar-refractivity contribution >= 4 is 23.4 Å². The van der Waals surface area contributed by atoms with Gasteiger partial charge in [0.2, 0.25) is 0 Å². The zero-order chi connectivity index (χ0) is 12.1. The zero-order valence-electron chi connectivity index (χ0n) is 9.16. The van der Waals surface area contributed by atoms with E-state index < -0.39 is 11.8 Å². The van der Waals surface area contributed by atoms with Crippen LogP contribution >= 0.6 is 11.8 Å². The number of hydrogen-bond acceptors (Lipinski definition) is 3. The number of carboxylic acids is 1. The van der Waals surface area contributed by atoms with Gasteiger partial charge in [0.1, 0.15) is 5.82 Å². The molecule has 0 fully saturated rings. The van der Waals surface area contributed by atoms with Gasteiger partial charge in [0.05, 0.1) is 11.3 Å². The molecule has 0 aliphatic heterocycles. The summed E-state index contributed by atoms with van der Waals surface area (Å²) in [6.07, 6.45) is 1.94. The van der Waals surface area contributed by atoms with Gasteiger partial charge in [-0.15, -0.1) is 0 Å². The van der Waals surface area contributed by atoms with E-state index in [1.54, 1.807) is 11.8 Å². The first-order valence-corrected chi connectivity index (χ1v) is 6.23. The molecule has 0 aliphatic carbocycles. The molecular formula is C11H14FNO2S. The van der Waals surface area contributed by atoms with Crippen LogP contribution in [0.15, 0.2) is 18.2 Å². The number of hydrogen-bond donors (Lipinski definition) is 2. The van der Waals surface area contributed by atoms with Gasteiger partial charge >= 0.3 is 5.97 Å². The molecule has 16 heavy (non-hydrogen) atoms. The van der Waals surface area contributed by atoms with Crippen LogP contribution in [0.2, 0.25) is 0 Å². The first kappa shape index (κ1) is 12.8. The monoisotopic (exact) mass is 243 g/mol. The number of benzene rings is 1. The Labute approximate surface area is 98.1 Å². The molecule has 0 aliphatic rings. The SMILES string of the molecule is CSCC(C)Nc1c(F)cccc1C(=O)O. The Balaban J connectivity index is 2.97. The maximum atomic E-state index is 13.5. The fraction of sp³-hybridized carbons (Fsp3) is 0.364. The normalized spacial score (nSPS) is 12.2. The molecule has 1 unspecified atom stereocenters. The molecule has 1 aromatic rings. The van der Waals surface area contributed by atoms with Gasteiger partial charge in [-0.2, -0.15) is 11.8 Å². The van der Waals surface area contributed by atoms with Crippen molar-refractivity contribution < 1.29 is 14.3 Å². The van der Waals surface area contributed by atoms with Crippen LogP contribution in [0.5, 0.6) is 0 Å². The molecule has 1 aromatic carbocycles. The number of anilines is 1. The van der Waals surface area contributed by atoms with E-state index in [1.165, 1.54) is 18.2 Å². The standard InChI is InChI=1S/C11H14FNO2S/c1-7(6-16-2)13-10-8(11(14)15)4-3-5-9(10)12/h3-5,7,13H,6H2,1-2H3,(H,14,15). The smallest absolute Gasteiger partial charge is 0.337 e. The molecule has 2 N–H and O–H groups in total. The lowest BCUT2D eigenvalue weighted by molar-refractivity contribution is 0.0697. The van der Waals surface area contributed by atoms with E-state index in [0.717, 1.165) is 5.75 Å². The first-order chi connectivity index (χ1) is 7.56. The second kappa shape index (κ2) is 5.75. The van der Waals surface area contributed by atoms with E-state index in [-0.39, 0.29) is 17.3 Å². The van der Waals surface area contributed by atoms with Crippen LogP contribution < -0.4 is 5.32 Å². The summed E-state index contributed by atoms with van der Waals surface area (Å²) in [7, 11) is 0. The van der Waals surface area contributed by atoms with Crippen molar-refractivity contribution in [1.29, 1.82) is 0 Å². The van der Waals surface area contributed by atoms with Crippen molar-refractivity contribution in [1.82, 2.24) is 0 Å². The molecule has 1 rings (SSSR count). The van der Waals surface area contributed by atoms with Crippen LogP contribution in [0.3, 0.4) is 0 Å². The van der Waals surface area contributed by atoms with Crippen molar-refractivity contribution in [2.45, 2.75) is 13.0 Å². The Hall–Kier alpha value is -1.23. The molecular weight excluding hydrogens is 229 g/mol. The number of nitrogens with one attached hydrogen (secondary N) is 1. The molecule has 0 radical (unpaired) electrons. The Morgan fingerprint density at radius 3 is 2.88 bits per heavy atom. The number of rotatable bonds is 5. The van der Waals surface area contributed by atoms with Crippen molar-refractivity contribution in [3.05, 3.63) is 29.6 Å². The summed E-state index contributed by atoms with van der Waals surface area (Å²) in [6.45, 7) is 1.88. The second-order valence-electron chi connectivity index (χ2n) is 3.47. The summed E-state index contributed by atoms with van der Waals surface area (Å²) in [5.41, 5.74) is 0.0319. The molecule has 0 bridgehead atoms.